The van der Waals surface area contributed by atoms with Crippen LogP contribution in [0.4, 0.5) is 4.39 Å². The highest BCUT2D eigenvalue weighted by molar-refractivity contribution is 5.68. The van der Waals surface area contributed by atoms with Crippen LogP contribution in [-0.2, 0) is 5.67 Å². The Balaban J connectivity index is 3.14. The molecular formula is C20H27F. The molecule has 0 aliphatic carbocycles. The minimum atomic E-state index is -1.31. The molecule has 0 heterocycles. The summed E-state index contributed by atoms with van der Waals surface area (Å²) in [6.45, 7) is 13.5. The maximum atomic E-state index is 14.1. The van der Waals surface area contributed by atoms with E-state index >= 15 is 0 Å². The SMILES string of the molecule is C=C(CC)/C(C)=C\C=C(/CC)c1cccc(C(C)(C)F)c1. The van der Waals surface area contributed by atoms with Gasteiger partial charge in [-0.1, -0.05) is 56.4 Å². The molecule has 0 unspecified atom stereocenters. The van der Waals surface area contributed by atoms with Gasteiger partial charge in [0.25, 0.3) is 0 Å². The summed E-state index contributed by atoms with van der Waals surface area (Å²) in [7, 11) is 0. The van der Waals surface area contributed by atoms with E-state index in [1.54, 1.807) is 13.8 Å². The predicted octanol–water partition coefficient (Wildman–Crippen LogP) is 6.60. The van der Waals surface area contributed by atoms with Gasteiger partial charge in [-0.3, -0.25) is 0 Å². The topological polar surface area (TPSA) is 0 Å². The third-order valence-electron chi connectivity index (χ3n) is 3.82. The van der Waals surface area contributed by atoms with Gasteiger partial charge in [0.15, 0.2) is 0 Å². The first-order chi connectivity index (χ1) is 9.79. The van der Waals surface area contributed by atoms with Gasteiger partial charge in [0, 0.05) is 0 Å². The molecule has 0 saturated heterocycles. The summed E-state index contributed by atoms with van der Waals surface area (Å²) in [5, 5.41) is 0. The lowest BCUT2D eigenvalue weighted by Crippen LogP contribution is -2.09. The summed E-state index contributed by atoms with van der Waals surface area (Å²) in [5.41, 5.74) is 4.07. The summed E-state index contributed by atoms with van der Waals surface area (Å²) >= 11 is 0. The van der Waals surface area contributed by atoms with Gasteiger partial charge in [0.05, 0.1) is 0 Å². The van der Waals surface area contributed by atoms with Crippen LogP contribution >= 0.6 is 0 Å². The van der Waals surface area contributed by atoms with Crippen molar-refractivity contribution < 1.29 is 4.39 Å². The number of allylic oxidation sites excluding steroid dienone is 5. The molecule has 21 heavy (non-hydrogen) atoms. The van der Waals surface area contributed by atoms with Crippen molar-refractivity contribution in [3.8, 4) is 0 Å². The van der Waals surface area contributed by atoms with Crippen LogP contribution < -0.4 is 0 Å². The van der Waals surface area contributed by atoms with E-state index in [-0.39, 0.29) is 0 Å². The van der Waals surface area contributed by atoms with E-state index < -0.39 is 5.67 Å². The average molecular weight is 286 g/mol. The second-order valence-electron chi connectivity index (χ2n) is 5.91. The zero-order valence-electron chi connectivity index (χ0n) is 14.0. The molecule has 114 valence electrons. The zero-order chi connectivity index (χ0) is 16.0. The third-order valence-corrected chi connectivity index (χ3v) is 3.82. The highest BCUT2D eigenvalue weighted by Crippen LogP contribution is 2.28. The van der Waals surface area contributed by atoms with Crippen molar-refractivity contribution in [2.75, 3.05) is 0 Å². The second-order valence-corrected chi connectivity index (χ2v) is 5.91. The van der Waals surface area contributed by atoms with Crippen LogP contribution in [0, 0.1) is 0 Å². The number of alkyl halides is 1. The van der Waals surface area contributed by atoms with Gasteiger partial charge in [0.1, 0.15) is 5.67 Å². The standard InChI is InChI=1S/C20H27F/c1-7-15(3)16(4)12-13-17(8-2)18-10-9-11-19(14-18)20(5,6)21/h9-14H,3,7-8H2,1-2,4-6H3/b16-12-,17-13+. The average Bonchev–Trinajstić information content (AvgIpc) is 2.46. The fourth-order valence-corrected chi connectivity index (χ4v) is 2.13. The molecule has 0 fully saturated rings. The van der Waals surface area contributed by atoms with Gasteiger partial charge >= 0.3 is 0 Å². The molecule has 1 heteroatoms. The van der Waals surface area contributed by atoms with Crippen LogP contribution in [0.1, 0.15) is 58.6 Å². The van der Waals surface area contributed by atoms with E-state index in [4.69, 9.17) is 0 Å². The molecular weight excluding hydrogens is 259 g/mol. The van der Waals surface area contributed by atoms with Crippen molar-refractivity contribution in [2.24, 2.45) is 0 Å². The van der Waals surface area contributed by atoms with Crippen molar-refractivity contribution in [3.05, 3.63) is 65.3 Å². The van der Waals surface area contributed by atoms with E-state index in [0.717, 1.165) is 29.5 Å². The van der Waals surface area contributed by atoms with E-state index in [1.807, 2.05) is 24.3 Å². The largest absolute Gasteiger partial charge is 0.239 e. The number of halogens is 1. The molecule has 0 aromatic heterocycles. The Kier molecular flexibility index (Phi) is 6.14. The van der Waals surface area contributed by atoms with Gasteiger partial charge in [0.2, 0.25) is 0 Å². The maximum absolute atomic E-state index is 14.1. The highest BCUT2D eigenvalue weighted by atomic mass is 19.1. The highest BCUT2D eigenvalue weighted by Gasteiger charge is 2.18. The molecule has 0 atom stereocenters. The Hall–Kier alpha value is -1.63. The number of hydrogen-bond donors (Lipinski definition) is 0. The van der Waals surface area contributed by atoms with Crippen LogP contribution in [0.3, 0.4) is 0 Å². The summed E-state index contributed by atoms with van der Waals surface area (Å²) < 4.78 is 14.1. The number of rotatable bonds is 6. The lowest BCUT2D eigenvalue weighted by atomic mass is 9.94. The van der Waals surface area contributed by atoms with E-state index in [9.17, 15) is 4.39 Å². The lowest BCUT2D eigenvalue weighted by molar-refractivity contribution is 0.221. The third kappa shape index (κ3) is 5.00. The van der Waals surface area contributed by atoms with E-state index in [0.29, 0.717) is 0 Å². The molecule has 0 aliphatic heterocycles. The smallest absolute Gasteiger partial charge is 0.130 e. The van der Waals surface area contributed by atoms with Gasteiger partial charge in [-0.25, -0.2) is 4.39 Å². The Labute approximate surface area is 129 Å². The number of hydrogen-bond acceptors (Lipinski definition) is 0. The molecule has 0 nitrogen and oxygen atoms in total. The first-order valence-corrected chi connectivity index (χ1v) is 7.65. The van der Waals surface area contributed by atoms with Crippen LogP contribution in [0.5, 0.6) is 0 Å². The van der Waals surface area contributed by atoms with Crippen molar-refractivity contribution >= 4 is 5.57 Å². The van der Waals surface area contributed by atoms with Gasteiger partial charge in [-0.15, -0.1) is 0 Å². The monoisotopic (exact) mass is 286 g/mol. The fourth-order valence-electron chi connectivity index (χ4n) is 2.13. The van der Waals surface area contributed by atoms with Crippen LogP contribution in [0.25, 0.3) is 5.57 Å². The molecule has 1 aromatic carbocycles. The van der Waals surface area contributed by atoms with Crippen LogP contribution in [0.2, 0.25) is 0 Å². The maximum Gasteiger partial charge on any atom is 0.130 e. The zero-order valence-corrected chi connectivity index (χ0v) is 14.0. The summed E-state index contributed by atoms with van der Waals surface area (Å²) in [6, 6.07) is 7.77. The predicted molar refractivity (Wildman–Crippen MR) is 92.0 cm³/mol. The van der Waals surface area contributed by atoms with Crippen LogP contribution in [-0.4, -0.2) is 0 Å². The Morgan fingerprint density at radius 3 is 2.38 bits per heavy atom. The molecule has 0 aliphatic rings. The van der Waals surface area contributed by atoms with E-state index in [2.05, 4.69) is 39.5 Å². The Morgan fingerprint density at radius 2 is 1.86 bits per heavy atom. The normalized spacial score (nSPS) is 13.4. The second kappa shape index (κ2) is 7.40. The molecule has 0 radical (unpaired) electrons. The first-order valence-electron chi connectivity index (χ1n) is 7.65. The van der Waals surface area contributed by atoms with Gasteiger partial charge < -0.3 is 0 Å². The molecule has 0 spiro atoms. The Morgan fingerprint density at radius 1 is 1.19 bits per heavy atom. The molecule has 0 N–H and O–H groups in total. The molecule has 0 bridgehead atoms. The van der Waals surface area contributed by atoms with Gasteiger partial charge in [-0.05, 0) is 62.0 Å². The Bertz CT molecular complexity index is 553. The minimum Gasteiger partial charge on any atom is -0.239 e. The van der Waals surface area contributed by atoms with Crippen LogP contribution in [0.15, 0.2) is 54.1 Å². The molecule has 0 saturated carbocycles. The molecule has 1 aromatic rings. The first kappa shape index (κ1) is 17.4. The van der Waals surface area contributed by atoms with E-state index in [1.165, 1.54) is 11.1 Å². The minimum absolute atomic E-state index is 0.720. The van der Waals surface area contributed by atoms with Crippen molar-refractivity contribution in [1.29, 1.82) is 0 Å². The number of benzene rings is 1. The van der Waals surface area contributed by atoms with Crippen molar-refractivity contribution in [2.45, 2.75) is 53.1 Å². The molecule has 0 amide bonds. The summed E-state index contributed by atoms with van der Waals surface area (Å²) in [5.74, 6) is 0. The summed E-state index contributed by atoms with van der Waals surface area (Å²) in [6.07, 6.45) is 6.11. The quantitative estimate of drug-likeness (QED) is 0.517. The van der Waals surface area contributed by atoms with Crippen molar-refractivity contribution in [1.82, 2.24) is 0 Å². The fraction of sp³-hybridized carbons (Fsp3) is 0.400. The van der Waals surface area contributed by atoms with Gasteiger partial charge in [-0.2, -0.15) is 0 Å². The summed E-state index contributed by atoms with van der Waals surface area (Å²) in [4.78, 5) is 0. The molecule has 1 rings (SSSR count). The lowest BCUT2D eigenvalue weighted by Gasteiger charge is -2.16. The van der Waals surface area contributed by atoms with Crippen molar-refractivity contribution in [3.63, 3.8) is 0 Å².